The van der Waals surface area contributed by atoms with Crippen LogP contribution in [-0.4, -0.2) is 18.8 Å². The predicted molar refractivity (Wildman–Crippen MR) is 86.0 cm³/mol. The molecule has 0 atom stereocenters. The average molecular weight is 279 g/mol. The molecule has 1 aromatic carbocycles. The third-order valence-corrected chi connectivity index (χ3v) is 2.78. The molecule has 0 aromatic heterocycles. The maximum absolute atomic E-state index is 5.85. The van der Waals surface area contributed by atoms with Crippen LogP contribution in [0.1, 0.15) is 53.9 Å². The zero-order valence-electron chi connectivity index (χ0n) is 13.5. The normalized spacial score (nSPS) is 10.9. The summed E-state index contributed by atoms with van der Waals surface area (Å²) in [6.45, 7) is 11.3. The van der Waals surface area contributed by atoms with Gasteiger partial charge in [-0.05, 0) is 46.2 Å². The topological polar surface area (TPSA) is 30.5 Å². The molecule has 1 rings (SSSR count). The lowest BCUT2D eigenvalue weighted by molar-refractivity contribution is 0.199. The molecule has 0 heterocycles. The molecule has 3 heteroatoms. The number of ether oxygens (including phenoxy) is 2. The Morgan fingerprint density at radius 3 is 2.20 bits per heavy atom. The first-order chi connectivity index (χ1) is 9.52. The summed E-state index contributed by atoms with van der Waals surface area (Å²) in [7, 11) is 0. The lowest BCUT2D eigenvalue weighted by atomic mass is 10.2. The lowest BCUT2D eigenvalue weighted by Crippen LogP contribution is -2.11. The fourth-order valence-electron chi connectivity index (χ4n) is 1.92. The smallest absolute Gasteiger partial charge is 0.163 e. The van der Waals surface area contributed by atoms with E-state index in [1.165, 1.54) is 19.3 Å². The second-order valence-electron chi connectivity index (χ2n) is 5.63. The monoisotopic (exact) mass is 279 g/mol. The third-order valence-electron chi connectivity index (χ3n) is 2.78. The van der Waals surface area contributed by atoms with E-state index in [4.69, 9.17) is 9.47 Å². The van der Waals surface area contributed by atoms with Gasteiger partial charge in [-0.15, -0.1) is 0 Å². The second kappa shape index (κ2) is 8.72. The Bertz CT molecular complexity index is 389. The summed E-state index contributed by atoms with van der Waals surface area (Å²) in [5, 5.41) is 3.44. The summed E-state index contributed by atoms with van der Waals surface area (Å²) in [6, 6.07) is 6.07. The Balaban J connectivity index is 2.73. The molecule has 0 amide bonds. The zero-order chi connectivity index (χ0) is 15.0. The van der Waals surface area contributed by atoms with E-state index in [-0.39, 0.29) is 12.2 Å². The number of hydrogen-bond donors (Lipinski definition) is 1. The van der Waals surface area contributed by atoms with E-state index in [1.54, 1.807) is 0 Å². The molecule has 114 valence electrons. The van der Waals surface area contributed by atoms with Crippen LogP contribution in [0.2, 0.25) is 0 Å². The van der Waals surface area contributed by atoms with Gasteiger partial charge in [-0.2, -0.15) is 0 Å². The van der Waals surface area contributed by atoms with Gasteiger partial charge in [0.15, 0.2) is 11.5 Å². The highest BCUT2D eigenvalue weighted by Crippen LogP contribution is 2.32. The largest absolute Gasteiger partial charge is 0.487 e. The van der Waals surface area contributed by atoms with E-state index in [1.807, 2.05) is 39.8 Å². The van der Waals surface area contributed by atoms with Crippen molar-refractivity contribution in [2.45, 2.75) is 66.1 Å². The van der Waals surface area contributed by atoms with Crippen LogP contribution in [0.4, 0.5) is 5.69 Å². The highest BCUT2D eigenvalue weighted by molar-refractivity contribution is 5.54. The number of unbranched alkanes of at least 4 members (excludes halogenated alkanes) is 2. The van der Waals surface area contributed by atoms with Crippen LogP contribution >= 0.6 is 0 Å². The quantitative estimate of drug-likeness (QED) is 0.655. The summed E-state index contributed by atoms with van der Waals surface area (Å²) >= 11 is 0. The van der Waals surface area contributed by atoms with Gasteiger partial charge >= 0.3 is 0 Å². The Labute approximate surface area is 123 Å². The Kier molecular flexibility index (Phi) is 7.27. The van der Waals surface area contributed by atoms with Crippen LogP contribution in [0, 0.1) is 0 Å². The average Bonchev–Trinajstić information content (AvgIpc) is 2.36. The standard InChI is InChI=1S/C17H29NO2/c1-6-7-8-11-18-15-9-10-16(19-13(2)3)17(12-15)20-14(4)5/h9-10,12-14,18H,6-8,11H2,1-5H3. The fraction of sp³-hybridized carbons (Fsp3) is 0.647. The maximum atomic E-state index is 5.85. The number of anilines is 1. The van der Waals surface area contributed by atoms with Crippen molar-refractivity contribution < 1.29 is 9.47 Å². The minimum absolute atomic E-state index is 0.139. The molecule has 0 fully saturated rings. The van der Waals surface area contributed by atoms with Crippen molar-refractivity contribution in [3.05, 3.63) is 18.2 Å². The van der Waals surface area contributed by atoms with E-state index >= 15 is 0 Å². The van der Waals surface area contributed by atoms with Crippen molar-refractivity contribution in [2.75, 3.05) is 11.9 Å². The van der Waals surface area contributed by atoms with Crippen molar-refractivity contribution in [1.29, 1.82) is 0 Å². The molecule has 0 aliphatic rings. The molecule has 3 nitrogen and oxygen atoms in total. The van der Waals surface area contributed by atoms with E-state index in [0.717, 1.165) is 23.7 Å². The minimum Gasteiger partial charge on any atom is -0.487 e. The van der Waals surface area contributed by atoms with Crippen molar-refractivity contribution in [1.82, 2.24) is 0 Å². The van der Waals surface area contributed by atoms with Gasteiger partial charge in [0, 0.05) is 18.3 Å². The van der Waals surface area contributed by atoms with Crippen LogP contribution in [0.15, 0.2) is 18.2 Å². The molecular formula is C17H29NO2. The summed E-state index contributed by atoms with van der Waals surface area (Å²) < 4.78 is 11.6. The molecule has 0 saturated heterocycles. The molecule has 0 aliphatic carbocycles. The number of hydrogen-bond acceptors (Lipinski definition) is 3. The van der Waals surface area contributed by atoms with E-state index in [0.29, 0.717) is 0 Å². The van der Waals surface area contributed by atoms with Crippen LogP contribution in [0.25, 0.3) is 0 Å². The van der Waals surface area contributed by atoms with Crippen LogP contribution in [0.3, 0.4) is 0 Å². The van der Waals surface area contributed by atoms with Crippen LogP contribution < -0.4 is 14.8 Å². The minimum atomic E-state index is 0.139. The molecule has 0 radical (unpaired) electrons. The first kappa shape index (κ1) is 16.7. The van der Waals surface area contributed by atoms with E-state index in [9.17, 15) is 0 Å². The first-order valence-electron chi connectivity index (χ1n) is 7.74. The molecule has 0 spiro atoms. The molecule has 1 N–H and O–H groups in total. The SMILES string of the molecule is CCCCCNc1ccc(OC(C)C)c(OC(C)C)c1. The fourth-order valence-corrected chi connectivity index (χ4v) is 1.92. The summed E-state index contributed by atoms with van der Waals surface area (Å²) in [5.41, 5.74) is 1.09. The third kappa shape index (κ3) is 6.18. The van der Waals surface area contributed by atoms with Crippen molar-refractivity contribution in [2.24, 2.45) is 0 Å². The van der Waals surface area contributed by atoms with E-state index in [2.05, 4.69) is 18.3 Å². The van der Waals surface area contributed by atoms with Gasteiger partial charge in [-0.25, -0.2) is 0 Å². The van der Waals surface area contributed by atoms with Gasteiger partial charge < -0.3 is 14.8 Å². The highest BCUT2D eigenvalue weighted by Gasteiger charge is 2.10. The molecule has 20 heavy (non-hydrogen) atoms. The molecular weight excluding hydrogens is 250 g/mol. The molecule has 0 bridgehead atoms. The summed E-state index contributed by atoms with van der Waals surface area (Å²) in [6.07, 6.45) is 3.98. The van der Waals surface area contributed by atoms with Crippen molar-refractivity contribution >= 4 is 5.69 Å². The maximum Gasteiger partial charge on any atom is 0.163 e. The Morgan fingerprint density at radius 2 is 1.60 bits per heavy atom. The Hall–Kier alpha value is -1.38. The number of nitrogens with one attached hydrogen (secondary N) is 1. The van der Waals surface area contributed by atoms with Gasteiger partial charge in [0.25, 0.3) is 0 Å². The number of rotatable bonds is 9. The number of benzene rings is 1. The van der Waals surface area contributed by atoms with Crippen LogP contribution in [0.5, 0.6) is 11.5 Å². The Morgan fingerprint density at radius 1 is 0.950 bits per heavy atom. The second-order valence-corrected chi connectivity index (χ2v) is 5.63. The van der Waals surface area contributed by atoms with Crippen molar-refractivity contribution in [3.8, 4) is 11.5 Å². The zero-order valence-corrected chi connectivity index (χ0v) is 13.5. The van der Waals surface area contributed by atoms with Gasteiger partial charge in [-0.1, -0.05) is 19.8 Å². The van der Waals surface area contributed by atoms with E-state index < -0.39 is 0 Å². The summed E-state index contributed by atoms with van der Waals surface area (Å²) in [5.74, 6) is 1.63. The van der Waals surface area contributed by atoms with Gasteiger partial charge in [0.1, 0.15) is 0 Å². The molecule has 0 unspecified atom stereocenters. The highest BCUT2D eigenvalue weighted by atomic mass is 16.5. The lowest BCUT2D eigenvalue weighted by Gasteiger charge is -2.18. The molecule has 0 saturated carbocycles. The summed E-state index contributed by atoms with van der Waals surface area (Å²) in [4.78, 5) is 0. The van der Waals surface area contributed by atoms with Crippen LogP contribution in [-0.2, 0) is 0 Å². The van der Waals surface area contributed by atoms with Gasteiger partial charge in [-0.3, -0.25) is 0 Å². The first-order valence-corrected chi connectivity index (χ1v) is 7.74. The predicted octanol–water partition coefficient (Wildman–Crippen LogP) is 4.86. The van der Waals surface area contributed by atoms with Gasteiger partial charge in [0.2, 0.25) is 0 Å². The van der Waals surface area contributed by atoms with Crippen molar-refractivity contribution in [3.63, 3.8) is 0 Å². The van der Waals surface area contributed by atoms with Gasteiger partial charge in [0.05, 0.1) is 12.2 Å². The molecule has 0 aliphatic heterocycles. The molecule has 1 aromatic rings.